The number of nitrogens with zero attached hydrogens (tertiary/aromatic N) is 1. The Labute approximate surface area is 235 Å². The molecule has 198 valence electrons. The molecule has 2 aromatic rings. The van der Waals surface area contributed by atoms with Crippen molar-refractivity contribution in [2.75, 3.05) is 20.2 Å². The number of aliphatic hydroxyl groups excluding tert-OH is 1. The standard InChI is InChI=1S/C28H24Br2NO2.BF4/c1-31(16-17-32)26-13-2-20(3-14-26)4-15-27-18-23(21-5-9-24(29)10-6-21)19-28(33-27)22-7-11-25(30)12-8-22;2-1(3,4)5/h2-15,18-19,32H,16-17H2,1H3;/q+1;-1. The summed E-state index contributed by atoms with van der Waals surface area (Å²) >= 11 is 7.02. The molecule has 0 amide bonds. The monoisotopic (exact) mass is 651 g/mol. The van der Waals surface area contributed by atoms with E-state index in [1.165, 1.54) is 0 Å². The first-order chi connectivity index (χ1) is 18.0. The molecule has 3 nitrogen and oxygen atoms in total. The van der Waals surface area contributed by atoms with Crippen molar-refractivity contribution in [3.8, 4) is 0 Å². The summed E-state index contributed by atoms with van der Waals surface area (Å²) in [6, 6.07) is 16.4. The summed E-state index contributed by atoms with van der Waals surface area (Å²) in [5.74, 6) is 1.58. The van der Waals surface area contributed by atoms with Crippen LogP contribution in [0, 0.1) is 0 Å². The van der Waals surface area contributed by atoms with E-state index in [9.17, 15) is 17.3 Å². The average Bonchev–Trinajstić information content (AvgIpc) is 2.88. The van der Waals surface area contributed by atoms with Gasteiger partial charge in [-0.15, -0.1) is 0 Å². The molecule has 1 N–H and O–H groups in total. The van der Waals surface area contributed by atoms with E-state index in [0.717, 1.165) is 48.4 Å². The third kappa shape index (κ3) is 9.74. The van der Waals surface area contributed by atoms with Crippen molar-refractivity contribution in [1.82, 2.24) is 0 Å². The van der Waals surface area contributed by atoms with Crippen LogP contribution in [-0.2, 0) is 4.74 Å². The van der Waals surface area contributed by atoms with Gasteiger partial charge in [-0.2, -0.15) is 0 Å². The lowest BCUT2D eigenvalue weighted by Gasteiger charge is -2.18. The van der Waals surface area contributed by atoms with Crippen LogP contribution < -0.4 is 0 Å². The molecule has 0 atom stereocenters. The van der Waals surface area contributed by atoms with Gasteiger partial charge in [0.15, 0.2) is 12.3 Å². The molecule has 0 fully saturated rings. The molecule has 1 heterocycles. The van der Waals surface area contributed by atoms with E-state index in [4.69, 9.17) is 9.84 Å². The molecule has 0 aromatic heterocycles. The number of allylic oxidation sites excluding steroid dienone is 10. The van der Waals surface area contributed by atoms with Gasteiger partial charge in [-0.25, -0.2) is 4.58 Å². The summed E-state index contributed by atoms with van der Waals surface area (Å²) in [5.41, 5.74) is 5.37. The van der Waals surface area contributed by atoms with Crippen molar-refractivity contribution in [3.05, 3.63) is 129 Å². The fourth-order valence-corrected chi connectivity index (χ4v) is 4.00. The van der Waals surface area contributed by atoms with Crippen molar-refractivity contribution >= 4 is 56.2 Å². The van der Waals surface area contributed by atoms with Crippen LogP contribution in [-0.4, -0.2) is 42.8 Å². The van der Waals surface area contributed by atoms with E-state index in [-0.39, 0.29) is 6.61 Å². The van der Waals surface area contributed by atoms with Gasteiger partial charge in [0.2, 0.25) is 0 Å². The molecule has 0 unspecified atom stereocenters. The number of aliphatic hydroxyl groups is 1. The van der Waals surface area contributed by atoms with E-state index < -0.39 is 7.25 Å². The maximum Gasteiger partial charge on any atom is 0.673 e. The van der Waals surface area contributed by atoms with Crippen LogP contribution in [0.2, 0.25) is 0 Å². The van der Waals surface area contributed by atoms with Gasteiger partial charge in [0.1, 0.15) is 25.2 Å². The maximum absolute atomic E-state index is 9.75. The second-order valence-corrected chi connectivity index (χ2v) is 10.0. The second kappa shape index (κ2) is 13.7. The van der Waals surface area contributed by atoms with E-state index >= 15 is 0 Å². The SMILES string of the molecule is C[N+](CCO)=C1C=CC(=CC=C2C=C(c3ccc(Br)cc3)C=C(c3ccc(Br)cc3)O2)C=C1.F[B-](F)(F)F. The minimum absolute atomic E-state index is 0.134. The van der Waals surface area contributed by atoms with Crippen LogP contribution >= 0.6 is 31.9 Å². The lowest BCUT2D eigenvalue weighted by atomic mass is 10.0. The van der Waals surface area contributed by atoms with Crippen molar-refractivity contribution in [1.29, 1.82) is 0 Å². The molecular weight excluding hydrogens is 629 g/mol. The van der Waals surface area contributed by atoms with Gasteiger partial charge in [0, 0.05) is 26.7 Å². The summed E-state index contributed by atoms with van der Waals surface area (Å²) in [6.07, 6.45) is 16.4. The Morgan fingerprint density at radius 2 is 1.34 bits per heavy atom. The number of benzene rings is 2. The Balaban J connectivity index is 0.000000732. The molecule has 1 aliphatic carbocycles. The maximum atomic E-state index is 9.75. The highest BCUT2D eigenvalue weighted by atomic mass is 79.9. The zero-order chi connectivity index (χ0) is 27.7. The predicted octanol–water partition coefficient (Wildman–Crippen LogP) is 7.98. The summed E-state index contributed by atoms with van der Waals surface area (Å²) < 4.78 is 49.4. The number of likely N-dealkylation sites (N-methyl/N-ethyl adjacent to an activating group) is 1. The lowest BCUT2D eigenvalue weighted by Crippen LogP contribution is -2.18. The van der Waals surface area contributed by atoms with Crippen LogP contribution in [0.1, 0.15) is 11.1 Å². The molecule has 0 spiro atoms. The van der Waals surface area contributed by atoms with Crippen LogP contribution in [0.3, 0.4) is 0 Å². The van der Waals surface area contributed by atoms with Gasteiger partial charge >= 0.3 is 7.25 Å². The molecule has 0 bridgehead atoms. The van der Waals surface area contributed by atoms with E-state index in [1.807, 2.05) is 60.2 Å². The zero-order valence-electron chi connectivity index (χ0n) is 20.3. The number of hydrogen-bond donors (Lipinski definition) is 1. The molecular formula is C28H24BBr2F4NO2. The molecule has 38 heavy (non-hydrogen) atoms. The highest BCUT2D eigenvalue weighted by molar-refractivity contribution is 9.10. The Bertz CT molecular complexity index is 1330. The van der Waals surface area contributed by atoms with Crippen LogP contribution in [0.25, 0.3) is 11.3 Å². The molecule has 4 rings (SSSR count). The van der Waals surface area contributed by atoms with Gasteiger partial charge < -0.3 is 27.1 Å². The Hall–Kier alpha value is -2.95. The fraction of sp³-hybridized carbons (Fsp3) is 0.107. The van der Waals surface area contributed by atoms with Crippen LogP contribution in [0.5, 0.6) is 0 Å². The quantitative estimate of drug-likeness (QED) is 0.202. The molecule has 10 heteroatoms. The van der Waals surface area contributed by atoms with Gasteiger partial charge in [-0.05, 0) is 71.4 Å². The fourth-order valence-electron chi connectivity index (χ4n) is 3.47. The Morgan fingerprint density at radius 3 is 1.87 bits per heavy atom. The number of halogens is 6. The molecule has 2 aromatic carbocycles. The Morgan fingerprint density at radius 1 is 0.816 bits per heavy atom. The minimum Gasteiger partial charge on any atom is -0.457 e. The first kappa shape index (κ1) is 29.6. The van der Waals surface area contributed by atoms with Crippen molar-refractivity contribution in [2.45, 2.75) is 0 Å². The Kier molecular flexibility index (Phi) is 10.7. The lowest BCUT2D eigenvalue weighted by molar-refractivity contribution is -0.498. The van der Waals surface area contributed by atoms with Crippen LogP contribution in [0.4, 0.5) is 17.3 Å². The smallest absolute Gasteiger partial charge is 0.457 e. The largest absolute Gasteiger partial charge is 0.673 e. The van der Waals surface area contributed by atoms with E-state index in [1.54, 1.807) is 0 Å². The van der Waals surface area contributed by atoms with Gasteiger partial charge in [-0.1, -0.05) is 62.2 Å². The second-order valence-electron chi connectivity index (χ2n) is 8.19. The third-order valence-electron chi connectivity index (χ3n) is 5.33. The minimum atomic E-state index is -6.00. The van der Waals surface area contributed by atoms with Gasteiger partial charge in [0.05, 0.1) is 0 Å². The molecule has 0 saturated carbocycles. The molecule has 0 saturated heterocycles. The summed E-state index contributed by atoms with van der Waals surface area (Å²) in [7, 11) is -4.03. The van der Waals surface area contributed by atoms with Gasteiger partial charge in [0.25, 0.3) is 0 Å². The van der Waals surface area contributed by atoms with E-state index in [2.05, 4.69) is 80.4 Å². The van der Waals surface area contributed by atoms with Crippen molar-refractivity contribution in [2.24, 2.45) is 0 Å². The normalized spacial score (nSPS) is 15.8. The topological polar surface area (TPSA) is 32.5 Å². The van der Waals surface area contributed by atoms with Crippen LogP contribution in [0.15, 0.2) is 117 Å². The molecule has 2 aliphatic rings. The van der Waals surface area contributed by atoms with Crippen molar-refractivity contribution < 1.29 is 31.7 Å². The predicted molar refractivity (Wildman–Crippen MR) is 153 cm³/mol. The summed E-state index contributed by atoms with van der Waals surface area (Å²) in [4.78, 5) is 0. The molecule has 1 aliphatic heterocycles. The number of rotatable bonds is 5. The first-order valence-electron chi connectivity index (χ1n) is 11.5. The number of hydrogen-bond acceptors (Lipinski definition) is 2. The van der Waals surface area contributed by atoms with Crippen molar-refractivity contribution in [3.63, 3.8) is 0 Å². The summed E-state index contributed by atoms with van der Waals surface area (Å²) in [6.45, 7) is 0.741. The molecule has 0 radical (unpaired) electrons. The zero-order valence-corrected chi connectivity index (χ0v) is 23.5. The van der Waals surface area contributed by atoms with E-state index in [0.29, 0.717) is 6.54 Å². The average molecular weight is 653 g/mol. The highest BCUT2D eigenvalue weighted by Crippen LogP contribution is 2.32. The number of ether oxygens (including phenoxy) is 1. The first-order valence-corrected chi connectivity index (χ1v) is 13.1. The highest BCUT2D eigenvalue weighted by Gasteiger charge is 2.20. The van der Waals surface area contributed by atoms with Gasteiger partial charge in [-0.3, -0.25) is 0 Å². The third-order valence-corrected chi connectivity index (χ3v) is 6.39. The summed E-state index contributed by atoms with van der Waals surface area (Å²) in [5, 5.41) is 9.13.